The van der Waals surface area contributed by atoms with E-state index in [0.717, 1.165) is 16.9 Å². The first kappa shape index (κ1) is 14.7. The maximum atomic E-state index is 11.7. The number of ether oxygens (including phenoxy) is 1. The highest BCUT2D eigenvalue weighted by Gasteiger charge is 2.11. The van der Waals surface area contributed by atoms with Crippen molar-refractivity contribution in [2.75, 3.05) is 20.3 Å². The summed E-state index contributed by atoms with van der Waals surface area (Å²) in [5.74, 6) is 1.04. The lowest BCUT2D eigenvalue weighted by Crippen LogP contribution is -2.27. The van der Waals surface area contributed by atoms with Crippen LogP contribution in [0.25, 0.3) is 11.0 Å². The van der Waals surface area contributed by atoms with E-state index in [9.17, 15) is 4.79 Å². The molecule has 0 atom stereocenters. The lowest BCUT2D eigenvalue weighted by molar-refractivity contribution is -0.121. The van der Waals surface area contributed by atoms with Gasteiger partial charge in [-0.05, 0) is 6.07 Å². The average Bonchev–Trinajstić information content (AvgIpc) is 2.83. The van der Waals surface area contributed by atoms with Crippen molar-refractivity contribution in [3.63, 3.8) is 0 Å². The number of methoxy groups -OCH3 is 1. The number of imidazole rings is 1. The lowest BCUT2D eigenvalue weighted by atomic mass is 10.3. The topological polar surface area (TPSA) is 69.0 Å². The third-order valence-corrected chi connectivity index (χ3v) is 3.18. The number of nitrogens with one attached hydrogen (secondary N) is 1. The molecular formula is C13H17ClN4O2. The van der Waals surface area contributed by atoms with Crippen molar-refractivity contribution in [1.82, 2.24) is 19.9 Å². The molecular weight excluding hydrogens is 280 g/mol. The number of pyridine rings is 1. The van der Waals surface area contributed by atoms with E-state index < -0.39 is 0 Å². The Labute approximate surface area is 122 Å². The van der Waals surface area contributed by atoms with E-state index in [1.54, 1.807) is 19.5 Å². The molecule has 20 heavy (non-hydrogen) atoms. The number of carbonyl (C=O) groups excluding carboxylic acids is 1. The van der Waals surface area contributed by atoms with Gasteiger partial charge in [0.2, 0.25) is 5.91 Å². The Morgan fingerprint density at radius 1 is 1.55 bits per heavy atom. The summed E-state index contributed by atoms with van der Waals surface area (Å²) < 4.78 is 6.84. The van der Waals surface area contributed by atoms with Crippen LogP contribution < -0.4 is 5.32 Å². The molecule has 0 aromatic carbocycles. The molecule has 0 saturated carbocycles. The summed E-state index contributed by atoms with van der Waals surface area (Å²) in [6.07, 6.45) is 3.78. The summed E-state index contributed by atoms with van der Waals surface area (Å²) in [6, 6.07) is 1.88. The minimum Gasteiger partial charge on any atom is -0.383 e. The maximum absolute atomic E-state index is 11.7. The van der Waals surface area contributed by atoms with E-state index in [0.29, 0.717) is 32.0 Å². The minimum atomic E-state index is -0.0153. The van der Waals surface area contributed by atoms with Crippen molar-refractivity contribution in [2.45, 2.75) is 18.8 Å². The van der Waals surface area contributed by atoms with Crippen molar-refractivity contribution in [1.29, 1.82) is 0 Å². The Kier molecular flexibility index (Phi) is 5.31. The number of carbonyl (C=O) groups is 1. The quantitative estimate of drug-likeness (QED) is 0.618. The number of nitrogens with zero attached hydrogens (tertiary/aromatic N) is 3. The number of alkyl halides is 1. The van der Waals surface area contributed by atoms with E-state index in [2.05, 4.69) is 15.3 Å². The molecule has 2 aromatic heterocycles. The molecule has 0 aliphatic heterocycles. The van der Waals surface area contributed by atoms with Gasteiger partial charge in [-0.15, -0.1) is 11.6 Å². The van der Waals surface area contributed by atoms with Crippen molar-refractivity contribution in [2.24, 2.45) is 0 Å². The highest BCUT2D eigenvalue weighted by atomic mass is 35.5. The zero-order chi connectivity index (χ0) is 14.4. The summed E-state index contributed by atoms with van der Waals surface area (Å²) in [7, 11) is 1.60. The van der Waals surface area contributed by atoms with Crippen LogP contribution >= 0.6 is 11.6 Å². The molecule has 0 spiro atoms. The predicted molar refractivity (Wildman–Crippen MR) is 76.6 cm³/mol. The molecule has 0 aliphatic carbocycles. The molecule has 2 heterocycles. The van der Waals surface area contributed by atoms with E-state index in [1.165, 1.54) is 0 Å². The molecule has 2 aromatic rings. The van der Waals surface area contributed by atoms with E-state index >= 15 is 0 Å². The number of rotatable bonds is 7. The highest BCUT2D eigenvalue weighted by Crippen LogP contribution is 2.16. The van der Waals surface area contributed by atoms with Gasteiger partial charge < -0.3 is 14.6 Å². The largest absolute Gasteiger partial charge is 0.383 e. The van der Waals surface area contributed by atoms with Crippen LogP contribution in [0.15, 0.2) is 18.5 Å². The van der Waals surface area contributed by atoms with Crippen molar-refractivity contribution >= 4 is 28.5 Å². The number of hydrogen-bond acceptors (Lipinski definition) is 4. The number of fused-ring (bicyclic) bond motifs is 1. The second kappa shape index (κ2) is 7.21. The Morgan fingerprint density at radius 2 is 2.40 bits per heavy atom. The average molecular weight is 297 g/mol. The maximum Gasteiger partial charge on any atom is 0.221 e. The molecule has 1 amide bonds. The monoisotopic (exact) mass is 296 g/mol. The number of aromatic nitrogens is 3. The third-order valence-electron chi connectivity index (χ3n) is 2.94. The number of aryl methyl sites for hydroxylation is 1. The first-order chi connectivity index (χ1) is 9.76. The van der Waals surface area contributed by atoms with Crippen LogP contribution in [0.5, 0.6) is 0 Å². The van der Waals surface area contributed by atoms with Crippen LogP contribution in [0.4, 0.5) is 0 Å². The van der Waals surface area contributed by atoms with Gasteiger partial charge in [-0.2, -0.15) is 0 Å². The Hall–Kier alpha value is -1.66. The lowest BCUT2D eigenvalue weighted by Gasteiger charge is -2.08. The molecule has 6 nitrogen and oxygen atoms in total. The van der Waals surface area contributed by atoms with Gasteiger partial charge in [0.15, 0.2) is 0 Å². The van der Waals surface area contributed by atoms with Crippen LogP contribution in [-0.4, -0.2) is 40.7 Å². The summed E-state index contributed by atoms with van der Waals surface area (Å²) in [5, 5.41) is 2.79. The second-order valence-corrected chi connectivity index (χ2v) is 4.54. The van der Waals surface area contributed by atoms with Crippen LogP contribution in [0.3, 0.4) is 0 Å². The fourth-order valence-electron chi connectivity index (χ4n) is 1.98. The fraction of sp³-hybridized carbons (Fsp3) is 0.462. The SMILES string of the molecule is COCCNC(=O)CCn1c(CCl)nc2cnccc21. The first-order valence-electron chi connectivity index (χ1n) is 6.37. The van der Waals surface area contributed by atoms with Crippen LogP contribution in [-0.2, 0) is 22.0 Å². The molecule has 7 heteroatoms. The molecule has 1 N–H and O–H groups in total. The van der Waals surface area contributed by atoms with Crippen LogP contribution in [0.1, 0.15) is 12.2 Å². The summed E-state index contributed by atoms with van der Waals surface area (Å²) in [5.41, 5.74) is 1.74. The molecule has 0 fully saturated rings. The Morgan fingerprint density at radius 3 is 3.15 bits per heavy atom. The molecule has 0 bridgehead atoms. The third kappa shape index (κ3) is 3.46. The van der Waals surface area contributed by atoms with Gasteiger partial charge in [0.05, 0.1) is 24.2 Å². The Bertz CT molecular complexity index is 585. The van der Waals surface area contributed by atoms with E-state index in [4.69, 9.17) is 16.3 Å². The molecule has 0 radical (unpaired) electrons. The van der Waals surface area contributed by atoms with Crippen LogP contribution in [0.2, 0.25) is 0 Å². The van der Waals surface area contributed by atoms with Crippen LogP contribution in [0, 0.1) is 0 Å². The van der Waals surface area contributed by atoms with E-state index in [-0.39, 0.29) is 5.91 Å². The highest BCUT2D eigenvalue weighted by molar-refractivity contribution is 6.16. The Balaban J connectivity index is 2.03. The molecule has 0 unspecified atom stereocenters. The van der Waals surface area contributed by atoms with E-state index in [1.807, 2.05) is 10.6 Å². The van der Waals surface area contributed by atoms with Gasteiger partial charge in [0.25, 0.3) is 0 Å². The molecule has 0 aliphatic rings. The van der Waals surface area contributed by atoms with Crippen molar-refractivity contribution < 1.29 is 9.53 Å². The summed E-state index contributed by atoms with van der Waals surface area (Å²) >= 11 is 5.90. The second-order valence-electron chi connectivity index (χ2n) is 4.27. The standard InChI is InChI=1S/C13H17ClN4O2/c1-20-7-5-16-13(19)3-6-18-11-2-4-15-9-10(11)17-12(18)8-14/h2,4,9H,3,5-8H2,1H3,(H,16,19). The van der Waals surface area contributed by atoms with Crippen molar-refractivity contribution in [3.05, 3.63) is 24.3 Å². The predicted octanol–water partition coefficient (Wildman–Crippen LogP) is 1.32. The van der Waals surface area contributed by atoms with Gasteiger partial charge >= 0.3 is 0 Å². The molecule has 2 rings (SSSR count). The number of halogens is 1. The zero-order valence-electron chi connectivity index (χ0n) is 11.3. The van der Waals surface area contributed by atoms with Gasteiger partial charge in [-0.3, -0.25) is 9.78 Å². The first-order valence-corrected chi connectivity index (χ1v) is 6.90. The normalized spacial score (nSPS) is 10.9. The number of amides is 1. The minimum absolute atomic E-state index is 0.0153. The summed E-state index contributed by atoms with van der Waals surface area (Å²) in [4.78, 5) is 20.1. The molecule has 0 saturated heterocycles. The molecule has 108 valence electrons. The smallest absolute Gasteiger partial charge is 0.221 e. The van der Waals surface area contributed by atoms with Gasteiger partial charge in [-0.25, -0.2) is 4.98 Å². The van der Waals surface area contributed by atoms with Gasteiger partial charge in [-0.1, -0.05) is 0 Å². The van der Waals surface area contributed by atoms with Crippen molar-refractivity contribution in [3.8, 4) is 0 Å². The number of hydrogen-bond donors (Lipinski definition) is 1. The van der Waals surface area contributed by atoms with Gasteiger partial charge in [0, 0.05) is 32.8 Å². The van der Waals surface area contributed by atoms with Gasteiger partial charge in [0.1, 0.15) is 11.3 Å². The summed E-state index contributed by atoms with van der Waals surface area (Å²) in [6.45, 7) is 1.58. The fourth-order valence-corrected chi connectivity index (χ4v) is 2.18. The zero-order valence-corrected chi connectivity index (χ0v) is 12.1.